The Labute approximate surface area is 160 Å². The van der Waals surface area contributed by atoms with Gasteiger partial charge in [-0.1, -0.05) is 30.3 Å². The zero-order valence-corrected chi connectivity index (χ0v) is 15.7. The number of hydrogen-bond donors (Lipinski definition) is 0. The van der Waals surface area contributed by atoms with Gasteiger partial charge in [0.25, 0.3) is 0 Å². The zero-order chi connectivity index (χ0) is 18.8. The minimum atomic E-state index is -0.235. The van der Waals surface area contributed by atoms with Crippen LogP contribution in [0.2, 0.25) is 0 Å². The highest BCUT2D eigenvalue weighted by atomic mass is 16.2. The monoisotopic (exact) mass is 363 g/mol. The minimum absolute atomic E-state index is 0.0434. The van der Waals surface area contributed by atoms with Crippen molar-refractivity contribution in [2.24, 2.45) is 5.92 Å². The van der Waals surface area contributed by atoms with E-state index in [0.29, 0.717) is 26.1 Å². The van der Waals surface area contributed by atoms with E-state index in [4.69, 9.17) is 0 Å². The van der Waals surface area contributed by atoms with Crippen molar-refractivity contribution in [1.29, 1.82) is 0 Å². The van der Waals surface area contributed by atoms with E-state index in [1.807, 2.05) is 54.3 Å². The van der Waals surface area contributed by atoms with Crippen LogP contribution in [-0.4, -0.2) is 49.4 Å². The van der Waals surface area contributed by atoms with E-state index >= 15 is 0 Å². The second kappa shape index (κ2) is 7.43. The minimum Gasteiger partial charge on any atom is -0.368 e. The maximum Gasteiger partial charge on any atom is 0.228 e. The fraction of sp³-hybridized carbons (Fsp3) is 0.364. The summed E-state index contributed by atoms with van der Waals surface area (Å²) in [5, 5.41) is 0. The van der Waals surface area contributed by atoms with Crippen LogP contribution in [0, 0.1) is 12.8 Å². The largest absolute Gasteiger partial charge is 0.368 e. The van der Waals surface area contributed by atoms with Gasteiger partial charge in [0.2, 0.25) is 11.8 Å². The van der Waals surface area contributed by atoms with Gasteiger partial charge in [-0.25, -0.2) is 0 Å². The van der Waals surface area contributed by atoms with Crippen LogP contribution in [-0.2, 0) is 9.59 Å². The molecule has 2 saturated heterocycles. The summed E-state index contributed by atoms with van der Waals surface area (Å²) in [6.45, 7) is 5.58. The van der Waals surface area contributed by atoms with E-state index in [1.165, 1.54) is 5.69 Å². The second-order valence-corrected chi connectivity index (χ2v) is 7.39. The van der Waals surface area contributed by atoms with Crippen LogP contribution in [0.1, 0.15) is 12.0 Å². The molecule has 0 radical (unpaired) electrons. The van der Waals surface area contributed by atoms with Crippen LogP contribution in [0.25, 0.3) is 0 Å². The normalized spacial score (nSPS) is 20.3. The van der Waals surface area contributed by atoms with Crippen molar-refractivity contribution >= 4 is 23.2 Å². The molecule has 2 fully saturated rings. The van der Waals surface area contributed by atoms with Gasteiger partial charge in [0.15, 0.2) is 0 Å². The number of piperazine rings is 1. The van der Waals surface area contributed by atoms with Gasteiger partial charge in [0, 0.05) is 50.5 Å². The number of carbonyl (C=O) groups excluding carboxylic acids is 2. The van der Waals surface area contributed by atoms with Crippen LogP contribution in [0.4, 0.5) is 11.4 Å². The predicted molar refractivity (Wildman–Crippen MR) is 107 cm³/mol. The maximum absolute atomic E-state index is 13.0. The van der Waals surface area contributed by atoms with Gasteiger partial charge < -0.3 is 14.7 Å². The van der Waals surface area contributed by atoms with Crippen LogP contribution < -0.4 is 9.80 Å². The van der Waals surface area contributed by atoms with Crippen molar-refractivity contribution in [3.63, 3.8) is 0 Å². The van der Waals surface area contributed by atoms with E-state index in [2.05, 4.69) is 17.0 Å². The molecule has 1 atom stereocenters. The molecule has 0 N–H and O–H groups in total. The molecule has 5 nitrogen and oxygen atoms in total. The average Bonchev–Trinajstić information content (AvgIpc) is 3.10. The summed E-state index contributed by atoms with van der Waals surface area (Å²) in [7, 11) is 0. The summed E-state index contributed by atoms with van der Waals surface area (Å²) in [5.41, 5.74) is 3.21. The third-order valence-corrected chi connectivity index (χ3v) is 5.50. The van der Waals surface area contributed by atoms with Crippen molar-refractivity contribution in [1.82, 2.24) is 4.90 Å². The van der Waals surface area contributed by atoms with Gasteiger partial charge in [-0.3, -0.25) is 9.59 Å². The number of aryl methyl sites for hydroxylation is 1. The number of rotatable bonds is 3. The molecule has 0 aliphatic carbocycles. The van der Waals surface area contributed by atoms with Gasteiger partial charge in [-0.15, -0.1) is 0 Å². The number of anilines is 2. The number of benzene rings is 2. The fourth-order valence-corrected chi connectivity index (χ4v) is 4.00. The lowest BCUT2D eigenvalue weighted by Gasteiger charge is -2.37. The van der Waals surface area contributed by atoms with Crippen molar-refractivity contribution in [2.75, 3.05) is 42.5 Å². The molecule has 2 aromatic carbocycles. The Bertz CT molecular complexity index is 828. The summed E-state index contributed by atoms with van der Waals surface area (Å²) in [6, 6.07) is 18.2. The van der Waals surface area contributed by atoms with Gasteiger partial charge in [0.1, 0.15) is 0 Å². The number of para-hydroxylation sites is 1. The van der Waals surface area contributed by atoms with Crippen LogP contribution >= 0.6 is 0 Å². The van der Waals surface area contributed by atoms with E-state index in [-0.39, 0.29) is 17.7 Å². The van der Waals surface area contributed by atoms with Gasteiger partial charge in [-0.2, -0.15) is 0 Å². The Morgan fingerprint density at radius 2 is 1.63 bits per heavy atom. The quantitative estimate of drug-likeness (QED) is 0.842. The summed E-state index contributed by atoms with van der Waals surface area (Å²) in [5.74, 6) is -0.0747. The second-order valence-electron chi connectivity index (χ2n) is 7.39. The molecule has 140 valence electrons. The Hall–Kier alpha value is -2.82. The highest BCUT2D eigenvalue weighted by molar-refractivity contribution is 6.00. The molecule has 0 aromatic heterocycles. The van der Waals surface area contributed by atoms with Crippen molar-refractivity contribution in [2.45, 2.75) is 13.3 Å². The topological polar surface area (TPSA) is 43.9 Å². The summed E-state index contributed by atoms with van der Waals surface area (Å²) in [6.07, 6.45) is 0.311. The number of nitrogens with zero attached hydrogens (tertiary/aromatic N) is 3. The predicted octanol–water partition coefficient (Wildman–Crippen LogP) is 2.70. The highest BCUT2D eigenvalue weighted by Crippen LogP contribution is 2.27. The Morgan fingerprint density at radius 1 is 0.926 bits per heavy atom. The van der Waals surface area contributed by atoms with Crippen molar-refractivity contribution < 1.29 is 9.59 Å². The third-order valence-electron chi connectivity index (χ3n) is 5.50. The molecule has 5 heteroatoms. The lowest BCUT2D eigenvalue weighted by Crippen LogP contribution is -2.50. The SMILES string of the molecule is Cc1cccc(N2CC(C(=O)N3CCN(c4ccccc4)CC3)CC2=O)c1. The molecular formula is C22H25N3O2. The third kappa shape index (κ3) is 3.68. The molecule has 2 amide bonds. The van der Waals surface area contributed by atoms with Crippen LogP contribution in [0.3, 0.4) is 0 Å². The number of amides is 2. The Morgan fingerprint density at radius 3 is 2.33 bits per heavy atom. The summed E-state index contributed by atoms with van der Waals surface area (Å²) < 4.78 is 0. The molecule has 0 bridgehead atoms. The molecule has 0 saturated carbocycles. The first-order valence-corrected chi connectivity index (χ1v) is 9.57. The van der Waals surface area contributed by atoms with Crippen LogP contribution in [0.15, 0.2) is 54.6 Å². The molecule has 27 heavy (non-hydrogen) atoms. The van der Waals surface area contributed by atoms with E-state index in [9.17, 15) is 9.59 Å². The van der Waals surface area contributed by atoms with Crippen molar-refractivity contribution in [3.8, 4) is 0 Å². The smallest absolute Gasteiger partial charge is 0.228 e. The first kappa shape index (κ1) is 17.6. The van der Waals surface area contributed by atoms with E-state index in [1.54, 1.807) is 4.90 Å². The fourth-order valence-electron chi connectivity index (χ4n) is 4.00. The van der Waals surface area contributed by atoms with Gasteiger partial charge >= 0.3 is 0 Å². The molecule has 2 aliphatic heterocycles. The van der Waals surface area contributed by atoms with E-state index < -0.39 is 0 Å². The summed E-state index contributed by atoms with van der Waals surface area (Å²) >= 11 is 0. The average molecular weight is 363 g/mol. The van der Waals surface area contributed by atoms with Crippen molar-refractivity contribution in [3.05, 3.63) is 60.2 Å². The van der Waals surface area contributed by atoms with E-state index in [0.717, 1.165) is 24.3 Å². The molecule has 2 heterocycles. The molecule has 2 aromatic rings. The summed E-state index contributed by atoms with van der Waals surface area (Å²) in [4.78, 5) is 31.4. The standard InChI is InChI=1S/C22H25N3O2/c1-17-6-5-9-20(14-17)25-16-18(15-21(25)26)22(27)24-12-10-23(11-13-24)19-7-3-2-4-8-19/h2-9,14,18H,10-13,15-16H2,1H3. The van der Waals surface area contributed by atoms with Gasteiger partial charge in [0.05, 0.1) is 5.92 Å². The lowest BCUT2D eigenvalue weighted by molar-refractivity contribution is -0.136. The number of hydrogen-bond acceptors (Lipinski definition) is 3. The van der Waals surface area contributed by atoms with Gasteiger partial charge in [-0.05, 0) is 36.8 Å². The molecule has 2 aliphatic rings. The molecular weight excluding hydrogens is 338 g/mol. The van der Waals surface area contributed by atoms with Crippen LogP contribution in [0.5, 0.6) is 0 Å². The zero-order valence-electron chi connectivity index (χ0n) is 15.7. The highest BCUT2D eigenvalue weighted by Gasteiger charge is 2.37. The Balaban J connectivity index is 1.37. The molecule has 4 rings (SSSR count). The maximum atomic E-state index is 13.0. The lowest BCUT2D eigenvalue weighted by atomic mass is 10.1. The first-order valence-electron chi connectivity index (χ1n) is 9.57. The Kier molecular flexibility index (Phi) is 4.84. The number of carbonyl (C=O) groups is 2. The molecule has 0 spiro atoms. The first-order chi connectivity index (χ1) is 13.1. The molecule has 1 unspecified atom stereocenters.